The summed E-state index contributed by atoms with van der Waals surface area (Å²) in [6, 6.07) is 5.78. The average Bonchev–Trinajstić information content (AvgIpc) is 2.43. The van der Waals surface area contributed by atoms with Crippen LogP contribution in [0.25, 0.3) is 6.08 Å². The maximum Gasteiger partial charge on any atom is 0.250 e. The molecule has 4 heteroatoms. The van der Waals surface area contributed by atoms with E-state index in [9.17, 15) is 0 Å². The van der Waals surface area contributed by atoms with Gasteiger partial charge in [-0.15, -0.1) is 0 Å². The summed E-state index contributed by atoms with van der Waals surface area (Å²) in [5.74, 6) is 2.12. The number of hydrogen-bond acceptors (Lipinski definition) is 3. The fraction of sp³-hybridized carbons (Fsp3) is 0.444. The van der Waals surface area contributed by atoms with Crippen LogP contribution >= 0.6 is 0 Å². The Morgan fingerprint density at radius 1 is 1.09 bits per heavy atom. The second kappa shape index (κ2) is 7.05. The predicted molar refractivity (Wildman–Crippen MR) is 96.0 cm³/mol. The lowest BCUT2D eigenvalue weighted by Gasteiger charge is -2.36. The highest BCUT2D eigenvalue weighted by atomic mass is 28.4. The molecule has 0 amide bonds. The minimum Gasteiger partial charge on any atom is -0.544 e. The van der Waals surface area contributed by atoms with E-state index in [2.05, 4.69) is 40.4 Å². The Bertz CT molecular complexity index is 554. The molecule has 0 bridgehead atoms. The Balaban J connectivity index is 2.83. The van der Waals surface area contributed by atoms with Gasteiger partial charge in [0.15, 0.2) is 11.5 Å². The van der Waals surface area contributed by atoms with E-state index in [0.717, 1.165) is 11.3 Å². The number of benzene rings is 1. The summed E-state index contributed by atoms with van der Waals surface area (Å²) < 4.78 is 16.7. The lowest BCUT2D eigenvalue weighted by molar-refractivity contribution is 0.355. The minimum atomic E-state index is -1.83. The second-order valence-corrected chi connectivity index (χ2v) is 11.5. The van der Waals surface area contributed by atoms with Gasteiger partial charge in [-0.1, -0.05) is 39.5 Å². The minimum absolute atomic E-state index is 0.160. The summed E-state index contributed by atoms with van der Waals surface area (Å²) in [4.78, 5) is 0. The Labute approximate surface area is 135 Å². The van der Waals surface area contributed by atoms with Crippen molar-refractivity contribution in [2.24, 2.45) is 0 Å². The molecule has 0 heterocycles. The van der Waals surface area contributed by atoms with Crippen LogP contribution in [0.4, 0.5) is 0 Å². The largest absolute Gasteiger partial charge is 0.544 e. The molecule has 1 aromatic carbocycles. The van der Waals surface area contributed by atoms with Crippen LogP contribution in [0.3, 0.4) is 0 Å². The maximum atomic E-state index is 6.13. The topological polar surface area (TPSA) is 27.7 Å². The van der Waals surface area contributed by atoms with E-state index in [0.29, 0.717) is 11.5 Å². The molecule has 0 saturated heterocycles. The van der Waals surface area contributed by atoms with Gasteiger partial charge in [0.2, 0.25) is 8.32 Å². The molecule has 0 aliphatic rings. The third-order valence-corrected chi connectivity index (χ3v) is 8.45. The zero-order valence-electron chi connectivity index (χ0n) is 14.8. The van der Waals surface area contributed by atoms with Crippen molar-refractivity contribution in [3.05, 3.63) is 42.2 Å². The normalized spacial score (nSPS) is 12.3. The second-order valence-electron chi connectivity index (χ2n) is 6.78. The molecule has 122 valence electrons. The van der Waals surface area contributed by atoms with Gasteiger partial charge in [-0.05, 0) is 41.9 Å². The van der Waals surface area contributed by atoms with Crippen LogP contribution in [-0.4, -0.2) is 22.5 Å². The number of methoxy groups -OCH3 is 2. The van der Waals surface area contributed by atoms with Crippen molar-refractivity contribution in [3.8, 4) is 11.5 Å². The first-order valence-electron chi connectivity index (χ1n) is 7.39. The van der Waals surface area contributed by atoms with Crippen molar-refractivity contribution in [1.29, 1.82) is 0 Å². The van der Waals surface area contributed by atoms with Gasteiger partial charge >= 0.3 is 0 Å². The molecule has 0 fully saturated rings. The number of rotatable bonds is 6. The molecule has 1 aromatic rings. The number of allylic oxidation sites excluding steroid dienone is 1. The van der Waals surface area contributed by atoms with Gasteiger partial charge in [0, 0.05) is 0 Å². The molecule has 22 heavy (non-hydrogen) atoms. The molecule has 3 nitrogen and oxygen atoms in total. The summed E-state index contributed by atoms with van der Waals surface area (Å²) in [5, 5.41) is 0.160. The standard InChI is InChI=1S/C18H28O3Si/c1-14(21-22(7,8)18(2,3)4)9-10-15-11-12-16(19-5)17(13-15)20-6/h9-13H,1H2,2-8H3/b10-9+. The monoisotopic (exact) mass is 320 g/mol. The third-order valence-electron chi connectivity index (χ3n) is 4.06. The fourth-order valence-corrected chi connectivity index (χ4v) is 2.69. The van der Waals surface area contributed by atoms with E-state index in [1.54, 1.807) is 14.2 Å². The molecule has 1 rings (SSSR count). The van der Waals surface area contributed by atoms with Gasteiger partial charge in [0.05, 0.1) is 20.0 Å². The number of hydrogen-bond donors (Lipinski definition) is 0. The highest BCUT2D eigenvalue weighted by Gasteiger charge is 2.38. The van der Waals surface area contributed by atoms with E-state index < -0.39 is 8.32 Å². The Kier molecular flexibility index (Phi) is 5.89. The van der Waals surface area contributed by atoms with Crippen molar-refractivity contribution in [2.45, 2.75) is 38.9 Å². The average molecular weight is 321 g/mol. The molecule has 0 unspecified atom stereocenters. The lowest BCUT2D eigenvalue weighted by atomic mass is 10.2. The molecule has 0 spiro atoms. The lowest BCUT2D eigenvalue weighted by Crippen LogP contribution is -2.40. The van der Waals surface area contributed by atoms with Crippen LogP contribution in [0.1, 0.15) is 26.3 Å². The van der Waals surface area contributed by atoms with E-state index in [1.807, 2.05) is 30.4 Å². The van der Waals surface area contributed by atoms with Crippen molar-refractivity contribution in [1.82, 2.24) is 0 Å². The maximum absolute atomic E-state index is 6.13. The molecule has 0 aliphatic heterocycles. The highest BCUT2D eigenvalue weighted by Crippen LogP contribution is 2.38. The Morgan fingerprint density at radius 3 is 2.18 bits per heavy atom. The van der Waals surface area contributed by atoms with Gasteiger partial charge < -0.3 is 13.9 Å². The zero-order valence-corrected chi connectivity index (χ0v) is 15.8. The molecule has 0 N–H and O–H groups in total. The third kappa shape index (κ3) is 4.66. The van der Waals surface area contributed by atoms with E-state index in [1.165, 1.54) is 0 Å². The van der Waals surface area contributed by atoms with Gasteiger partial charge in [-0.2, -0.15) is 0 Å². The molecule has 0 radical (unpaired) electrons. The quantitative estimate of drug-likeness (QED) is 0.407. The fourth-order valence-electron chi connectivity index (χ4n) is 1.66. The van der Waals surface area contributed by atoms with Crippen LogP contribution in [-0.2, 0) is 4.43 Å². The van der Waals surface area contributed by atoms with Crippen molar-refractivity contribution < 1.29 is 13.9 Å². The molecular formula is C18H28O3Si. The molecular weight excluding hydrogens is 292 g/mol. The van der Waals surface area contributed by atoms with Crippen LogP contribution in [0, 0.1) is 0 Å². The van der Waals surface area contributed by atoms with Crippen LogP contribution in [0.5, 0.6) is 11.5 Å². The summed E-state index contributed by atoms with van der Waals surface area (Å²) in [7, 11) is 1.42. The van der Waals surface area contributed by atoms with Crippen molar-refractivity contribution in [2.75, 3.05) is 14.2 Å². The highest BCUT2D eigenvalue weighted by molar-refractivity contribution is 6.74. The van der Waals surface area contributed by atoms with Gasteiger partial charge in [0.1, 0.15) is 0 Å². The van der Waals surface area contributed by atoms with Crippen LogP contribution < -0.4 is 9.47 Å². The molecule has 0 atom stereocenters. The van der Waals surface area contributed by atoms with E-state index in [4.69, 9.17) is 13.9 Å². The van der Waals surface area contributed by atoms with Gasteiger partial charge in [-0.25, -0.2) is 0 Å². The summed E-state index contributed by atoms with van der Waals surface area (Å²) in [6.45, 7) is 15.1. The first kappa shape index (κ1) is 18.4. The SMILES string of the molecule is C=C(/C=C/c1ccc(OC)c(OC)c1)O[Si](C)(C)C(C)(C)C. The van der Waals surface area contributed by atoms with E-state index in [-0.39, 0.29) is 5.04 Å². The van der Waals surface area contributed by atoms with Crippen molar-refractivity contribution >= 4 is 14.4 Å². The first-order valence-corrected chi connectivity index (χ1v) is 10.3. The first-order chi connectivity index (χ1) is 10.1. The molecule has 0 saturated carbocycles. The molecule has 0 aliphatic carbocycles. The smallest absolute Gasteiger partial charge is 0.250 e. The van der Waals surface area contributed by atoms with Gasteiger partial charge in [-0.3, -0.25) is 0 Å². The summed E-state index contributed by atoms with van der Waals surface area (Å²) in [5.41, 5.74) is 1.01. The Morgan fingerprint density at radius 2 is 1.68 bits per heavy atom. The van der Waals surface area contributed by atoms with Crippen LogP contribution in [0.2, 0.25) is 18.1 Å². The summed E-state index contributed by atoms with van der Waals surface area (Å²) >= 11 is 0. The predicted octanol–water partition coefficient (Wildman–Crippen LogP) is 5.25. The van der Waals surface area contributed by atoms with Gasteiger partial charge in [0.25, 0.3) is 0 Å². The van der Waals surface area contributed by atoms with E-state index >= 15 is 0 Å². The Hall–Kier alpha value is -1.68. The number of ether oxygens (including phenoxy) is 2. The van der Waals surface area contributed by atoms with Crippen molar-refractivity contribution in [3.63, 3.8) is 0 Å². The summed E-state index contributed by atoms with van der Waals surface area (Å²) in [6.07, 6.45) is 3.87. The zero-order chi connectivity index (χ0) is 17.0. The van der Waals surface area contributed by atoms with Crippen LogP contribution in [0.15, 0.2) is 36.6 Å². The molecule has 0 aromatic heterocycles.